The average Bonchev–Trinajstić information content (AvgIpc) is 2.55. The summed E-state index contributed by atoms with van der Waals surface area (Å²) in [6.07, 6.45) is 4.36. The largest absolute Gasteiger partial charge is 0.490 e. The van der Waals surface area contributed by atoms with E-state index in [1.807, 2.05) is 12.1 Å². The molecule has 6 heteroatoms. The molecule has 0 aliphatic rings. The summed E-state index contributed by atoms with van der Waals surface area (Å²) in [6.45, 7) is 10.8. The lowest BCUT2D eigenvalue weighted by molar-refractivity contribution is 0.109. The minimum atomic E-state index is 0.563. The standard InChI is InChI=1S/C17H30N4O2/c1-4-19-17(20-9-6-11-22-14-15(2)3)21-10-12-23-16-7-5-8-18-13-16/h5,7-8,13,15H,4,6,9-12,14H2,1-3H3,(H2,19,20,21). The molecule has 1 heterocycles. The van der Waals surface area contributed by atoms with Crippen molar-refractivity contribution in [1.82, 2.24) is 15.6 Å². The molecule has 0 saturated heterocycles. The van der Waals surface area contributed by atoms with Crippen molar-refractivity contribution in [2.75, 3.05) is 39.5 Å². The molecule has 0 fully saturated rings. The molecular weight excluding hydrogens is 292 g/mol. The van der Waals surface area contributed by atoms with E-state index < -0.39 is 0 Å². The highest BCUT2D eigenvalue weighted by molar-refractivity contribution is 5.79. The van der Waals surface area contributed by atoms with Crippen LogP contribution in [0, 0.1) is 5.92 Å². The Kier molecular flexibility index (Phi) is 10.6. The lowest BCUT2D eigenvalue weighted by atomic mass is 10.2. The maximum absolute atomic E-state index is 5.59. The Morgan fingerprint density at radius 2 is 2.17 bits per heavy atom. The summed E-state index contributed by atoms with van der Waals surface area (Å²) < 4.78 is 11.1. The quantitative estimate of drug-likeness (QED) is 0.371. The Balaban J connectivity index is 2.16. The molecule has 23 heavy (non-hydrogen) atoms. The van der Waals surface area contributed by atoms with Crippen LogP contribution in [0.15, 0.2) is 29.5 Å². The molecule has 130 valence electrons. The second-order valence-electron chi connectivity index (χ2n) is 5.55. The third-order valence-corrected chi connectivity index (χ3v) is 2.81. The number of rotatable bonds is 11. The normalized spacial score (nSPS) is 11.6. The number of hydrogen-bond donors (Lipinski definition) is 2. The lowest BCUT2D eigenvalue weighted by Gasteiger charge is -2.12. The van der Waals surface area contributed by atoms with Crippen LogP contribution in [0.2, 0.25) is 0 Å². The van der Waals surface area contributed by atoms with Gasteiger partial charge in [-0.3, -0.25) is 9.98 Å². The molecule has 0 unspecified atom stereocenters. The third-order valence-electron chi connectivity index (χ3n) is 2.81. The van der Waals surface area contributed by atoms with Gasteiger partial charge in [-0.15, -0.1) is 0 Å². The number of hydrogen-bond acceptors (Lipinski definition) is 4. The van der Waals surface area contributed by atoms with Gasteiger partial charge in [0.1, 0.15) is 12.4 Å². The monoisotopic (exact) mass is 322 g/mol. The van der Waals surface area contributed by atoms with Crippen LogP contribution in [-0.2, 0) is 4.74 Å². The van der Waals surface area contributed by atoms with Gasteiger partial charge in [0.15, 0.2) is 5.96 Å². The van der Waals surface area contributed by atoms with Crippen LogP contribution in [0.5, 0.6) is 5.75 Å². The Morgan fingerprint density at radius 3 is 2.87 bits per heavy atom. The molecule has 0 spiro atoms. The van der Waals surface area contributed by atoms with E-state index in [9.17, 15) is 0 Å². The summed E-state index contributed by atoms with van der Waals surface area (Å²) in [5.74, 6) is 2.17. The molecule has 0 atom stereocenters. The summed E-state index contributed by atoms with van der Waals surface area (Å²) >= 11 is 0. The van der Waals surface area contributed by atoms with E-state index in [2.05, 4.69) is 41.4 Å². The summed E-state index contributed by atoms with van der Waals surface area (Å²) in [7, 11) is 0. The first kappa shape index (κ1) is 19.2. The fourth-order valence-corrected chi connectivity index (χ4v) is 1.79. The van der Waals surface area contributed by atoms with Crippen molar-refractivity contribution >= 4 is 5.96 Å². The molecule has 0 radical (unpaired) electrons. The smallest absolute Gasteiger partial charge is 0.191 e. The molecule has 0 saturated carbocycles. The van der Waals surface area contributed by atoms with E-state index in [0.717, 1.165) is 44.4 Å². The highest BCUT2D eigenvalue weighted by atomic mass is 16.5. The maximum atomic E-state index is 5.59. The molecule has 0 aromatic carbocycles. The highest BCUT2D eigenvalue weighted by Crippen LogP contribution is 2.04. The van der Waals surface area contributed by atoms with E-state index >= 15 is 0 Å². The second-order valence-corrected chi connectivity index (χ2v) is 5.55. The van der Waals surface area contributed by atoms with Gasteiger partial charge in [-0.1, -0.05) is 13.8 Å². The number of pyridine rings is 1. The molecule has 0 amide bonds. The van der Waals surface area contributed by atoms with E-state index in [0.29, 0.717) is 19.1 Å². The van der Waals surface area contributed by atoms with E-state index in [-0.39, 0.29) is 0 Å². The van der Waals surface area contributed by atoms with E-state index in [4.69, 9.17) is 9.47 Å². The molecule has 1 aromatic heterocycles. The zero-order valence-corrected chi connectivity index (χ0v) is 14.5. The van der Waals surface area contributed by atoms with Gasteiger partial charge in [-0.25, -0.2) is 0 Å². The minimum Gasteiger partial charge on any atom is -0.490 e. The van der Waals surface area contributed by atoms with Crippen LogP contribution in [0.4, 0.5) is 0 Å². The summed E-state index contributed by atoms with van der Waals surface area (Å²) in [5, 5.41) is 6.47. The van der Waals surface area contributed by atoms with Crippen molar-refractivity contribution in [1.29, 1.82) is 0 Å². The van der Waals surface area contributed by atoms with Gasteiger partial charge in [0, 0.05) is 32.5 Å². The summed E-state index contributed by atoms with van der Waals surface area (Å²) in [4.78, 5) is 8.53. The van der Waals surface area contributed by atoms with Gasteiger partial charge < -0.3 is 20.1 Å². The predicted molar refractivity (Wildman–Crippen MR) is 94.0 cm³/mol. The van der Waals surface area contributed by atoms with Gasteiger partial charge in [0.25, 0.3) is 0 Å². The fourth-order valence-electron chi connectivity index (χ4n) is 1.79. The average molecular weight is 322 g/mol. The Morgan fingerprint density at radius 1 is 1.30 bits per heavy atom. The molecule has 1 aromatic rings. The SMILES string of the molecule is CCNC(=NCCCOCC(C)C)NCCOc1cccnc1. The van der Waals surface area contributed by atoms with Crippen LogP contribution in [0.3, 0.4) is 0 Å². The van der Waals surface area contributed by atoms with Crippen molar-refractivity contribution < 1.29 is 9.47 Å². The van der Waals surface area contributed by atoms with Crippen LogP contribution < -0.4 is 15.4 Å². The molecule has 2 N–H and O–H groups in total. The minimum absolute atomic E-state index is 0.563. The molecule has 0 aliphatic carbocycles. The fraction of sp³-hybridized carbons (Fsp3) is 0.647. The topological polar surface area (TPSA) is 67.8 Å². The first-order valence-corrected chi connectivity index (χ1v) is 8.35. The second kappa shape index (κ2) is 12.7. The molecule has 0 aliphatic heterocycles. The van der Waals surface area contributed by atoms with Crippen LogP contribution in [0.25, 0.3) is 0 Å². The van der Waals surface area contributed by atoms with Crippen molar-refractivity contribution in [3.05, 3.63) is 24.5 Å². The van der Waals surface area contributed by atoms with E-state index in [1.54, 1.807) is 12.4 Å². The third kappa shape index (κ3) is 10.5. The number of nitrogens with zero attached hydrogens (tertiary/aromatic N) is 2. The van der Waals surface area contributed by atoms with Crippen LogP contribution >= 0.6 is 0 Å². The van der Waals surface area contributed by atoms with Crippen LogP contribution in [0.1, 0.15) is 27.2 Å². The molecular formula is C17H30N4O2. The van der Waals surface area contributed by atoms with E-state index in [1.165, 1.54) is 0 Å². The van der Waals surface area contributed by atoms with Gasteiger partial charge in [-0.2, -0.15) is 0 Å². The Hall–Kier alpha value is -1.82. The van der Waals surface area contributed by atoms with Crippen molar-refractivity contribution in [2.24, 2.45) is 10.9 Å². The zero-order chi connectivity index (χ0) is 16.8. The lowest BCUT2D eigenvalue weighted by Crippen LogP contribution is -2.39. The van der Waals surface area contributed by atoms with Gasteiger partial charge in [0.05, 0.1) is 12.7 Å². The molecule has 6 nitrogen and oxygen atoms in total. The first-order valence-electron chi connectivity index (χ1n) is 8.35. The highest BCUT2D eigenvalue weighted by Gasteiger charge is 1.98. The summed E-state index contributed by atoms with van der Waals surface area (Å²) in [5.41, 5.74) is 0. The van der Waals surface area contributed by atoms with Gasteiger partial charge in [-0.05, 0) is 31.4 Å². The predicted octanol–water partition coefficient (Wildman–Crippen LogP) is 2.08. The zero-order valence-electron chi connectivity index (χ0n) is 14.5. The van der Waals surface area contributed by atoms with Gasteiger partial charge in [0.2, 0.25) is 0 Å². The first-order chi connectivity index (χ1) is 11.2. The number of aromatic nitrogens is 1. The van der Waals surface area contributed by atoms with Crippen LogP contribution in [-0.4, -0.2) is 50.4 Å². The number of nitrogens with one attached hydrogen (secondary N) is 2. The number of guanidine groups is 1. The van der Waals surface area contributed by atoms with Crippen molar-refractivity contribution in [3.8, 4) is 5.75 Å². The Labute approximate surface area is 139 Å². The maximum Gasteiger partial charge on any atom is 0.191 e. The van der Waals surface area contributed by atoms with Gasteiger partial charge >= 0.3 is 0 Å². The number of ether oxygens (including phenoxy) is 2. The van der Waals surface area contributed by atoms with Crippen molar-refractivity contribution in [2.45, 2.75) is 27.2 Å². The molecule has 0 bridgehead atoms. The molecule has 1 rings (SSSR count). The van der Waals surface area contributed by atoms with Crippen molar-refractivity contribution in [3.63, 3.8) is 0 Å². The summed E-state index contributed by atoms with van der Waals surface area (Å²) in [6, 6.07) is 3.75. The number of aliphatic imine (C=N–C) groups is 1. The Bertz CT molecular complexity index is 424.